The first kappa shape index (κ1) is 35.2. The quantitative estimate of drug-likeness (QED) is 0.177. The number of carbonyl (C=O) groups excluding carboxylic acids is 5. The second-order valence-electron chi connectivity index (χ2n) is 14.3. The number of nitro benzene ring substituents is 1. The van der Waals surface area contributed by atoms with E-state index in [0.29, 0.717) is 31.1 Å². The van der Waals surface area contributed by atoms with Crippen LogP contribution in [-0.2, 0) is 39.9 Å². The van der Waals surface area contributed by atoms with E-state index >= 15 is 0 Å². The van der Waals surface area contributed by atoms with E-state index in [1.807, 2.05) is 13.0 Å². The molecule has 7 atom stereocenters. The Morgan fingerprint density at radius 2 is 1.79 bits per heavy atom. The van der Waals surface area contributed by atoms with Crippen molar-refractivity contribution < 1.29 is 48.6 Å². The van der Waals surface area contributed by atoms with Gasteiger partial charge in [-0.15, -0.1) is 0 Å². The number of ketones is 2. The van der Waals surface area contributed by atoms with Gasteiger partial charge >= 0.3 is 17.6 Å². The molecule has 0 heterocycles. The smallest absolute Gasteiger partial charge is 0.328 e. The molecule has 13 nitrogen and oxygen atoms in total. The molecular formula is C35H44N2O11. The van der Waals surface area contributed by atoms with Crippen LogP contribution in [0, 0.1) is 38.7 Å². The first-order chi connectivity index (χ1) is 22.6. The lowest BCUT2D eigenvalue weighted by molar-refractivity contribution is -0.385. The normalized spacial score (nSPS) is 31.3. The number of hydrogen-bond acceptors (Lipinski definition) is 11. The number of nitrogens with zero attached hydrogens (tertiary/aromatic N) is 1. The van der Waals surface area contributed by atoms with E-state index in [2.05, 4.69) is 12.2 Å². The lowest BCUT2D eigenvalue weighted by atomic mass is 9.46. The number of phenols is 1. The molecule has 1 aromatic rings. The van der Waals surface area contributed by atoms with Crippen molar-refractivity contribution in [2.24, 2.45) is 28.6 Å². The van der Waals surface area contributed by atoms with Crippen LogP contribution in [0.4, 0.5) is 5.69 Å². The third-order valence-electron chi connectivity index (χ3n) is 12.0. The molecule has 0 aliphatic heterocycles. The zero-order chi connectivity index (χ0) is 35.0. The van der Waals surface area contributed by atoms with Crippen molar-refractivity contribution in [2.75, 3.05) is 13.7 Å². The van der Waals surface area contributed by atoms with Crippen molar-refractivity contribution >= 4 is 35.1 Å². The number of aliphatic hydroxyl groups is 1. The van der Waals surface area contributed by atoms with Gasteiger partial charge in [0.1, 0.15) is 11.6 Å². The van der Waals surface area contributed by atoms with Gasteiger partial charge in [-0.1, -0.05) is 25.5 Å². The molecule has 0 spiro atoms. The van der Waals surface area contributed by atoms with Gasteiger partial charge in [-0.3, -0.25) is 29.3 Å². The minimum absolute atomic E-state index is 0.0339. The highest BCUT2D eigenvalue weighted by Gasteiger charge is 2.66. The molecule has 260 valence electrons. The van der Waals surface area contributed by atoms with Gasteiger partial charge in [0.05, 0.1) is 18.5 Å². The van der Waals surface area contributed by atoms with Crippen LogP contribution in [0.1, 0.15) is 83.6 Å². The zero-order valence-electron chi connectivity index (χ0n) is 27.6. The number of hydrogen-bond donors (Lipinski definition) is 3. The fourth-order valence-corrected chi connectivity index (χ4v) is 9.27. The fourth-order valence-electron chi connectivity index (χ4n) is 9.27. The average molecular weight is 669 g/mol. The van der Waals surface area contributed by atoms with Gasteiger partial charge in [-0.25, -0.2) is 4.79 Å². The van der Waals surface area contributed by atoms with Crippen molar-refractivity contribution in [1.29, 1.82) is 0 Å². The molecule has 0 aromatic heterocycles. The van der Waals surface area contributed by atoms with E-state index in [1.54, 1.807) is 0 Å². The molecule has 1 amide bonds. The first-order valence-corrected chi connectivity index (χ1v) is 16.6. The van der Waals surface area contributed by atoms with Gasteiger partial charge in [0.15, 0.2) is 18.1 Å². The van der Waals surface area contributed by atoms with Crippen molar-refractivity contribution in [3.8, 4) is 5.75 Å². The van der Waals surface area contributed by atoms with Crippen LogP contribution < -0.4 is 5.32 Å². The maximum atomic E-state index is 13.5. The minimum atomic E-state index is -1.64. The van der Waals surface area contributed by atoms with Crippen LogP contribution in [0.15, 0.2) is 29.8 Å². The monoisotopic (exact) mass is 668 g/mol. The molecule has 3 fully saturated rings. The Kier molecular flexibility index (Phi) is 9.83. The number of nitrogens with one attached hydrogen (secondary N) is 1. The summed E-state index contributed by atoms with van der Waals surface area (Å²) in [4.78, 5) is 73.5. The second kappa shape index (κ2) is 13.4. The fraction of sp³-hybridized carbons (Fsp3) is 0.629. The number of phenolic OH excluding ortho intramolecular Hbond substituents is 1. The summed E-state index contributed by atoms with van der Waals surface area (Å²) in [5.74, 6) is -2.36. The van der Waals surface area contributed by atoms with Gasteiger partial charge in [0.2, 0.25) is 11.7 Å². The van der Waals surface area contributed by atoms with Crippen LogP contribution in [0.3, 0.4) is 0 Å². The number of carbonyl (C=O) groups is 5. The summed E-state index contributed by atoms with van der Waals surface area (Å²) in [5, 5.41) is 35.1. The maximum Gasteiger partial charge on any atom is 0.328 e. The molecular weight excluding hydrogens is 624 g/mol. The first-order valence-electron chi connectivity index (χ1n) is 16.6. The number of benzene rings is 1. The molecule has 3 saturated carbocycles. The Labute approximate surface area is 278 Å². The molecule has 5 rings (SSSR count). The number of methoxy groups -OCH3 is 1. The molecule has 0 bridgehead atoms. The van der Waals surface area contributed by atoms with Crippen molar-refractivity contribution in [1.82, 2.24) is 5.32 Å². The number of ether oxygens (including phenoxy) is 2. The standard InChI is InChI=1S/C35H44N2O11/c1-33-13-10-22(38)18-21(33)5-6-23-24(33)11-14-34(2)25(23)12-15-35(34,44)29(40)19-48-31(42)9-8-30(41)36-26(32(43)47-3)16-20-4-7-28(39)27(17-20)37(45)46/h4,7,17-18,23-26,39,44H,5-6,8-16,19H2,1-3H3,(H,36,41)/t23-,24-,25+,26-,33-,34-,35-/m0/s1. The van der Waals surface area contributed by atoms with Crippen LogP contribution in [-0.4, -0.2) is 69.9 Å². The van der Waals surface area contributed by atoms with E-state index in [9.17, 15) is 44.3 Å². The van der Waals surface area contributed by atoms with Crippen LogP contribution >= 0.6 is 0 Å². The van der Waals surface area contributed by atoms with Gasteiger partial charge in [-0.2, -0.15) is 0 Å². The van der Waals surface area contributed by atoms with E-state index in [-0.39, 0.29) is 41.9 Å². The van der Waals surface area contributed by atoms with Crippen LogP contribution in [0.25, 0.3) is 0 Å². The summed E-state index contributed by atoms with van der Waals surface area (Å²) in [7, 11) is 1.12. The number of esters is 2. The zero-order valence-corrected chi connectivity index (χ0v) is 27.6. The predicted molar refractivity (Wildman–Crippen MR) is 169 cm³/mol. The highest BCUT2D eigenvalue weighted by molar-refractivity contribution is 5.92. The molecule has 48 heavy (non-hydrogen) atoms. The number of fused-ring (bicyclic) bond motifs is 5. The Hall–Kier alpha value is -4.13. The highest BCUT2D eigenvalue weighted by atomic mass is 16.6. The number of nitro groups is 1. The van der Waals surface area contributed by atoms with Crippen LogP contribution in [0.2, 0.25) is 0 Å². The molecule has 4 aliphatic rings. The predicted octanol–water partition coefficient (Wildman–Crippen LogP) is 3.66. The SMILES string of the molecule is COC(=O)[C@H](Cc1ccc(O)c([N+](=O)[O-])c1)NC(=O)CCC(=O)OCC(=O)[C@@]1(O)CC[C@@H]2[C@H]3CCC4=CC(=O)CC[C@]4(C)[C@H]3CC[C@@]21C. The summed E-state index contributed by atoms with van der Waals surface area (Å²) in [5.41, 5.74) is -1.37. The van der Waals surface area contributed by atoms with Crippen molar-refractivity contribution in [3.63, 3.8) is 0 Å². The Bertz CT molecular complexity index is 1550. The molecule has 4 aliphatic carbocycles. The van der Waals surface area contributed by atoms with Crippen molar-refractivity contribution in [2.45, 2.75) is 96.1 Å². The van der Waals surface area contributed by atoms with Gasteiger partial charge in [0.25, 0.3) is 0 Å². The van der Waals surface area contributed by atoms with Gasteiger partial charge in [0, 0.05) is 30.7 Å². The summed E-state index contributed by atoms with van der Waals surface area (Å²) < 4.78 is 9.97. The molecule has 3 N–H and O–H groups in total. The number of rotatable bonds is 11. The third-order valence-corrected chi connectivity index (χ3v) is 12.0. The van der Waals surface area contributed by atoms with Crippen LogP contribution in [0.5, 0.6) is 5.75 Å². The Morgan fingerprint density at radius 3 is 2.50 bits per heavy atom. The topological polar surface area (TPSA) is 199 Å². The van der Waals surface area contributed by atoms with Gasteiger partial charge in [-0.05, 0) is 85.8 Å². The Balaban J connectivity index is 1.14. The lowest BCUT2D eigenvalue weighted by Crippen LogP contribution is -2.58. The summed E-state index contributed by atoms with van der Waals surface area (Å²) in [6.45, 7) is 3.64. The highest BCUT2D eigenvalue weighted by Crippen LogP contribution is 2.67. The number of allylic oxidation sites excluding steroid dienone is 1. The van der Waals surface area contributed by atoms with E-state index in [4.69, 9.17) is 9.47 Å². The largest absolute Gasteiger partial charge is 0.502 e. The third kappa shape index (κ3) is 6.36. The molecule has 1 aromatic carbocycles. The average Bonchev–Trinajstić information content (AvgIpc) is 3.34. The summed E-state index contributed by atoms with van der Waals surface area (Å²) in [6.07, 6.45) is 6.57. The lowest BCUT2D eigenvalue weighted by Gasteiger charge is -2.58. The van der Waals surface area contributed by atoms with Crippen molar-refractivity contribution in [3.05, 3.63) is 45.5 Å². The molecule has 0 radical (unpaired) electrons. The number of Topliss-reactive ketones (excluding diaryl/α,β-unsaturated/α-hetero) is 1. The molecule has 0 unspecified atom stereocenters. The molecule has 0 saturated heterocycles. The molecule has 13 heteroatoms. The van der Waals surface area contributed by atoms with E-state index in [0.717, 1.165) is 44.9 Å². The Morgan fingerprint density at radius 1 is 1.06 bits per heavy atom. The number of amides is 1. The maximum absolute atomic E-state index is 13.5. The number of aromatic hydroxyl groups is 1. The summed E-state index contributed by atoms with van der Waals surface area (Å²) in [6, 6.07) is 2.34. The van der Waals surface area contributed by atoms with E-state index < -0.39 is 70.1 Å². The summed E-state index contributed by atoms with van der Waals surface area (Å²) >= 11 is 0. The second-order valence-corrected chi connectivity index (χ2v) is 14.3. The minimum Gasteiger partial charge on any atom is -0.502 e. The van der Waals surface area contributed by atoms with E-state index in [1.165, 1.54) is 11.6 Å². The van der Waals surface area contributed by atoms with Gasteiger partial charge < -0.3 is 25.0 Å².